The number of phosphoric acid groups is 1. The number of aliphatic hydroxyl groups excluding tert-OH is 1. The van der Waals surface area contributed by atoms with Crippen molar-refractivity contribution in [2.75, 3.05) is 39.6 Å². The molecule has 0 aromatic heterocycles. The van der Waals surface area contributed by atoms with Crippen LogP contribution in [0.4, 0.5) is 0 Å². The number of amides is 2. The van der Waals surface area contributed by atoms with Crippen LogP contribution < -0.4 is 10.6 Å². The molecule has 1 rings (SSSR count). The average Bonchev–Trinajstić information content (AvgIpc) is 0.785. The zero-order valence-electron chi connectivity index (χ0n) is 65.0. The molecular weight excluding hydrogens is 1270 g/mol. The maximum absolute atomic E-state index is 14.8. The van der Waals surface area contributed by atoms with Crippen molar-refractivity contribution in [2.24, 2.45) is 0 Å². The Morgan fingerprint density at radius 3 is 1.04 bits per heavy atom. The first-order valence-electron chi connectivity index (χ1n) is 42.2. The number of aliphatic hydroxyl groups is 1. The van der Waals surface area contributed by atoms with Gasteiger partial charge in [-0.15, -0.1) is 0 Å². The average molecular weight is 1430 g/mol. The molecule has 2 amide bonds. The third-order valence-electron chi connectivity index (χ3n) is 20.0. The van der Waals surface area contributed by atoms with Crippen molar-refractivity contribution in [3.63, 3.8) is 0 Å². The van der Waals surface area contributed by atoms with Gasteiger partial charge in [0.25, 0.3) is 0 Å². The van der Waals surface area contributed by atoms with Crippen LogP contribution >= 0.6 is 7.82 Å². The van der Waals surface area contributed by atoms with Crippen LogP contribution in [-0.2, 0) is 51.9 Å². The second-order valence-corrected chi connectivity index (χ2v) is 30.6. The summed E-state index contributed by atoms with van der Waals surface area (Å²) in [6, 6.07) is -2.91. The molecule has 0 aromatic carbocycles. The summed E-state index contributed by atoms with van der Waals surface area (Å²) in [4.78, 5) is 63.1. The largest absolute Gasteiger partial charge is 0.480 e. The van der Waals surface area contributed by atoms with E-state index in [0.29, 0.717) is 39.1 Å². The van der Waals surface area contributed by atoms with E-state index < -0.39 is 87.7 Å². The number of carboxylic acids is 1. The Bertz CT molecular complexity index is 1770. The molecule has 1 saturated heterocycles. The van der Waals surface area contributed by atoms with Crippen LogP contribution in [0.1, 0.15) is 408 Å². The number of unbranched alkanes of at least 4 members (excludes halogenated alkanes) is 45. The molecule has 17 nitrogen and oxygen atoms in total. The summed E-state index contributed by atoms with van der Waals surface area (Å²) in [6.45, 7) is 13.6. The summed E-state index contributed by atoms with van der Waals surface area (Å²) in [5, 5.41) is 27.5. The van der Waals surface area contributed by atoms with Gasteiger partial charge in [-0.2, -0.15) is 0 Å². The third-order valence-corrected chi connectivity index (χ3v) is 20.5. The summed E-state index contributed by atoms with van der Waals surface area (Å²) >= 11 is 0. The normalized spacial score (nSPS) is 17.8. The van der Waals surface area contributed by atoms with E-state index in [1.165, 1.54) is 205 Å². The lowest BCUT2D eigenvalue weighted by Crippen LogP contribution is -2.66. The molecule has 1 aliphatic heterocycles. The molecule has 1 aliphatic rings. The third kappa shape index (κ3) is 57.2. The van der Waals surface area contributed by atoms with Gasteiger partial charge in [0.2, 0.25) is 11.8 Å². The summed E-state index contributed by atoms with van der Waals surface area (Å²) in [6.07, 6.45) is 54.6. The zero-order valence-corrected chi connectivity index (χ0v) is 65.9. The van der Waals surface area contributed by atoms with Crippen LogP contribution in [0.3, 0.4) is 0 Å². The molecule has 1 fully saturated rings. The minimum Gasteiger partial charge on any atom is -0.480 e. The van der Waals surface area contributed by atoms with E-state index in [2.05, 4.69) is 52.2 Å². The highest BCUT2D eigenvalue weighted by Crippen LogP contribution is 2.42. The van der Waals surface area contributed by atoms with Gasteiger partial charge >= 0.3 is 13.8 Å². The molecule has 588 valence electrons. The molecule has 6 N–H and O–H groups in total. The van der Waals surface area contributed by atoms with E-state index in [1.807, 2.05) is 0 Å². The number of nitrogens with one attached hydrogen (secondary N) is 2. The van der Waals surface area contributed by atoms with Crippen molar-refractivity contribution in [3.05, 3.63) is 0 Å². The SMILES string of the molecule is CCCCCCCCCCCC(CC(=O)N[C@H](CO[C@@H]1O[C@H](CO)[C@@H](OP(=O)(O)O)[C@H](OCC[C@@H](CCCCCCCCCCC)OCCCCCCCCCC)[C@H]1NC(=O)C[C@H](CCCCCCCCCCC)OCCCCCCCCCC)C(=O)O)OCCCCCCCCCC. The molecule has 0 aliphatic carbocycles. The molecule has 18 heteroatoms. The van der Waals surface area contributed by atoms with Crippen LogP contribution in [0.25, 0.3) is 0 Å². The lowest BCUT2D eigenvalue weighted by Gasteiger charge is -2.46. The fourth-order valence-corrected chi connectivity index (χ4v) is 14.3. The smallest absolute Gasteiger partial charge is 0.470 e. The topological polar surface area (TPSA) is 238 Å². The maximum Gasteiger partial charge on any atom is 0.470 e. The summed E-state index contributed by atoms with van der Waals surface area (Å²) in [7, 11) is -5.31. The first kappa shape index (κ1) is 95.3. The van der Waals surface area contributed by atoms with E-state index >= 15 is 0 Å². The second-order valence-electron chi connectivity index (χ2n) is 29.5. The number of rotatable bonds is 77. The van der Waals surface area contributed by atoms with Crippen LogP contribution in [0.2, 0.25) is 0 Å². The fraction of sp³-hybridized carbons (Fsp3) is 0.963. The summed E-state index contributed by atoms with van der Waals surface area (Å²) in [5.74, 6) is -2.32. The number of phosphoric ester groups is 1. The van der Waals surface area contributed by atoms with E-state index in [-0.39, 0.29) is 25.6 Å². The number of ether oxygens (including phenoxy) is 6. The highest BCUT2D eigenvalue weighted by molar-refractivity contribution is 7.46. The Morgan fingerprint density at radius 1 is 0.394 bits per heavy atom. The zero-order chi connectivity index (χ0) is 72.3. The number of carboxylic acid groups (broad SMARTS) is 1. The molecule has 1 unspecified atom stereocenters. The van der Waals surface area contributed by atoms with Crippen molar-refractivity contribution >= 4 is 25.6 Å². The van der Waals surface area contributed by atoms with Crippen LogP contribution in [0.5, 0.6) is 0 Å². The molecule has 0 saturated carbocycles. The lowest BCUT2D eigenvalue weighted by molar-refractivity contribution is -0.275. The van der Waals surface area contributed by atoms with Crippen molar-refractivity contribution in [1.82, 2.24) is 10.6 Å². The minimum atomic E-state index is -5.31. The Morgan fingerprint density at radius 2 is 0.707 bits per heavy atom. The minimum absolute atomic E-state index is 0.0283. The Hall–Kier alpha value is -1.76. The Kier molecular flexibility index (Phi) is 66.7. The molecule has 9 atom stereocenters. The van der Waals surface area contributed by atoms with E-state index in [9.17, 15) is 38.9 Å². The molecule has 1 heterocycles. The molecule has 0 radical (unpaired) electrons. The number of carbonyl (C=O) groups is 3. The van der Waals surface area contributed by atoms with E-state index in [0.717, 1.165) is 128 Å². The van der Waals surface area contributed by atoms with Crippen molar-refractivity contribution in [2.45, 2.75) is 463 Å². The number of aliphatic carboxylic acids is 1. The van der Waals surface area contributed by atoms with Gasteiger partial charge < -0.3 is 59.1 Å². The second kappa shape index (κ2) is 69.3. The predicted octanol–water partition coefficient (Wildman–Crippen LogP) is 21.1. The van der Waals surface area contributed by atoms with E-state index in [4.69, 9.17) is 32.9 Å². The van der Waals surface area contributed by atoms with Crippen molar-refractivity contribution < 1.29 is 71.9 Å². The first-order chi connectivity index (χ1) is 48.3. The predicted molar refractivity (Wildman–Crippen MR) is 406 cm³/mol. The van der Waals surface area contributed by atoms with Gasteiger partial charge in [-0.05, 0) is 44.9 Å². The maximum atomic E-state index is 14.8. The highest BCUT2D eigenvalue weighted by atomic mass is 31.2. The van der Waals surface area contributed by atoms with Crippen LogP contribution in [0, 0.1) is 0 Å². The number of carbonyl (C=O) groups excluding carboxylic acids is 2. The molecule has 99 heavy (non-hydrogen) atoms. The van der Waals surface area contributed by atoms with Crippen molar-refractivity contribution in [3.8, 4) is 0 Å². The molecular formula is C81H159N2O15P. The molecule has 0 spiro atoms. The van der Waals surface area contributed by atoms with Gasteiger partial charge in [0.05, 0.1) is 44.4 Å². The Labute approximate surface area is 607 Å². The first-order valence-corrected chi connectivity index (χ1v) is 43.7. The monoisotopic (exact) mass is 1430 g/mol. The highest BCUT2D eigenvalue weighted by Gasteiger charge is 2.51. The van der Waals surface area contributed by atoms with Crippen molar-refractivity contribution in [1.29, 1.82) is 0 Å². The lowest BCUT2D eigenvalue weighted by atomic mass is 9.96. The Balaban J connectivity index is 3.67. The van der Waals surface area contributed by atoms with E-state index in [1.54, 1.807) is 0 Å². The van der Waals surface area contributed by atoms with Crippen LogP contribution in [-0.4, -0.2) is 132 Å². The van der Waals surface area contributed by atoms with Gasteiger partial charge in [0.1, 0.15) is 24.4 Å². The van der Waals surface area contributed by atoms with Gasteiger partial charge in [0, 0.05) is 26.4 Å². The van der Waals surface area contributed by atoms with Gasteiger partial charge in [0.15, 0.2) is 12.3 Å². The number of hydrogen-bond donors (Lipinski definition) is 6. The quantitative estimate of drug-likeness (QED) is 0.0245. The molecule has 0 aromatic rings. The number of hydrogen-bond acceptors (Lipinski definition) is 12. The standard InChI is InChI=1S/C81H159N2O15P/c1-7-13-19-25-31-37-40-46-52-58-70(92-62-55-49-43-34-28-22-16-10-4)61-65-95-79-77(83-76(86)67-72(60-54-48-42-39-33-27-21-15-9-3)94-64-57-51-45-36-30-24-18-12-6)81(97-74(68-84)78(79)98-99(89,90)91)96-69-73(80(87)88)82-75(85)66-71(59-53-47-41-38-32-26-20-14-8-2)93-63-56-50-44-35-29-23-17-11-5/h70-74,77-79,81,84H,7-69H2,1-6H3,(H,82,85)(H,83,86)(H,87,88)(H2,89,90,91)/t70-,71?,72+,73-,74-,77-,78-,79-,81-/m1/s1. The fourth-order valence-electron chi connectivity index (χ4n) is 13.7. The van der Waals surface area contributed by atoms with Crippen LogP contribution in [0.15, 0.2) is 0 Å². The van der Waals surface area contributed by atoms with Gasteiger partial charge in [-0.1, -0.05) is 350 Å². The summed E-state index contributed by atoms with van der Waals surface area (Å²) < 4.78 is 57.6. The summed E-state index contributed by atoms with van der Waals surface area (Å²) in [5.41, 5.74) is 0. The molecule has 0 bridgehead atoms. The van der Waals surface area contributed by atoms with Gasteiger partial charge in [-0.25, -0.2) is 9.36 Å². The van der Waals surface area contributed by atoms with Gasteiger partial charge in [-0.3, -0.25) is 14.1 Å².